The first-order valence-electron chi connectivity index (χ1n) is 0.353. The van der Waals surface area contributed by atoms with Gasteiger partial charge in [0.1, 0.15) is 0 Å². The van der Waals surface area contributed by atoms with Gasteiger partial charge in [0.2, 0.25) is 0 Å². The third kappa shape index (κ3) is 23.4. The van der Waals surface area contributed by atoms with Crippen molar-refractivity contribution in [1.29, 1.82) is 5.26 Å². The van der Waals surface area contributed by atoms with Crippen molar-refractivity contribution >= 4 is 0 Å². The second-order valence-electron chi connectivity index (χ2n) is 0. The Morgan fingerprint density at radius 2 is 1.50 bits per heavy atom. The Bertz CT molecular complexity index is 19.2. The zero-order chi connectivity index (χ0) is 4.00. The van der Waals surface area contributed by atoms with Crippen molar-refractivity contribution in [1.82, 2.24) is 0 Å². The molecule has 0 aliphatic heterocycles. The molecule has 0 aromatic carbocycles. The average Bonchev–Trinajstić information content (AvgIpc) is 1.50. The van der Waals surface area contributed by atoms with Crippen LogP contribution in [0.25, 0.3) is 0 Å². The minimum absolute atomic E-state index is 2.62. The fourth-order valence-corrected chi connectivity index (χ4v) is 0. The SMILES string of the molecule is [C-]#N.[O]=[Ni]. The minimum atomic E-state index is 2.62. The zero-order valence-corrected chi connectivity index (χ0v) is 2.66. The van der Waals surface area contributed by atoms with E-state index in [1.807, 2.05) is 0 Å². The Kier molecular flexibility index (Phi) is 435. The topological polar surface area (TPSA) is 40.9 Å². The standard InChI is InChI=1S/CN.Ni.O/c1-2;;/q-1;;. The molecular formula is CNNiO-. The Balaban J connectivity index is 0. The molecule has 0 saturated heterocycles. The van der Waals surface area contributed by atoms with Gasteiger partial charge in [-0.15, -0.1) is 0 Å². The molecule has 0 heterocycles. The third-order valence-corrected chi connectivity index (χ3v) is 0. The fourth-order valence-electron chi connectivity index (χ4n) is 0. The molecule has 0 fully saturated rings. The van der Waals surface area contributed by atoms with Crippen molar-refractivity contribution in [2.45, 2.75) is 0 Å². The molecule has 0 spiro atoms. The average molecular weight is 101 g/mol. The van der Waals surface area contributed by atoms with Gasteiger partial charge >= 0.3 is 19.3 Å². The summed E-state index contributed by atoms with van der Waals surface area (Å²) >= 11 is 2.62. The van der Waals surface area contributed by atoms with Crippen molar-refractivity contribution in [3.8, 4) is 0 Å². The Labute approximate surface area is 32.0 Å². The summed E-state index contributed by atoms with van der Waals surface area (Å²) in [7, 11) is 0. The van der Waals surface area contributed by atoms with Crippen molar-refractivity contribution in [3.63, 3.8) is 0 Å². The molecule has 26 valence electrons. The molecule has 4 heavy (non-hydrogen) atoms. The molecule has 0 aromatic heterocycles. The van der Waals surface area contributed by atoms with E-state index in [0.29, 0.717) is 0 Å². The normalized spacial score (nSPS) is 2.00. The molecule has 0 unspecified atom stereocenters. The summed E-state index contributed by atoms with van der Waals surface area (Å²) in [6.45, 7) is 4.75. The van der Waals surface area contributed by atoms with Gasteiger partial charge in [0, 0.05) is 0 Å². The van der Waals surface area contributed by atoms with Gasteiger partial charge in [0.05, 0.1) is 0 Å². The van der Waals surface area contributed by atoms with Gasteiger partial charge in [-0.1, -0.05) is 0 Å². The van der Waals surface area contributed by atoms with Gasteiger partial charge in [0.25, 0.3) is 0 Å². The van der Waals surface area contributed by atoms with E-state index in [2.05, 4.69) is 15.4 Å². The monoisotopic (exact) mass is 99.9 g/mol. The summed E-state index contributed by atoms with van der Waals surface area (Å²) in [5, 5.41) is 6.25. The molecule has 0 saturated carbocycles. The van der Waals surface area contributed by atoms with E-state index >= 15 is 0 Å². The Morgan fingerprint density at radius 1 is 1.50 bits per heavy atom. The number of hydrogen-bond acceptors (Lipinski definition) is 2. The van der Waals surface area contributed by atoms with Gasteiger partial charge in [0.15, 0.2) is 0 Å². The van der Waals surface area contributed by atoms with Gasteiger partial charge in [-0.05, 0) is 0 Å². The number of rotatable bonds is 0. The van der Waals surface area contributed by atoms with Crippen molar-refractivity contribution < 1.29 is 19.3 Å². The molecule has 0 radical (unpaired) electrons. The summed E-state index contributed by atoms with van der Waals surface area (Å²) in [5.74, 6) is 0. The van der Waals surface area contributed by atoms with E-state index in [4.69, 9.17) is 15.7 Å². The zero-order valence-electron chi connectivity index (χ0n) is 1.67. The van der Waals surface area contributed by atoms with Crippen molar-refractivity contribution in [3.05, 3.63) is 6.57 Å². The van der Waals surface area contributed by atoms with Gasteiger partial charge in [-0.25, -0.2) is 0 Å². The molecule has 0 rings (SSSR count). The van der Waals surface area contributed by atoms with Crippen LogP contribution in [0.15, 0.2) is 0 Å². The van der Waals surface area contributed by atoms with Crippen LogP contribution in [0.4, 0.5) is 0 Å². The second kappa shape index (κ2) is 189. The van der Waals surface area contributed by atoms with E-state index in [-0.39, 0.29) is 0 Å². The molecule has 0 amide bonds. The number of nitrogens with zero attached hydrogens (tertiary/aromatic N) is 1. The van der Waals surface area contributed by atoms with Crippen LogP contribution >= 0.6 is 0 Å². The van der Waals surface area contributed by atoms with Crippen LogP contribution in [0.2, 0.25) is 0 Å². The Morgan fingerprint density at radius 3 is 1.50 bits per heavy atom. The number of hydrogen-bond donors (Lipinski definition) is 0. The summed E-state index contributed by atoms with van der Waals surface area (Å²) in [6, 6.07) is 0. The fraction of sp³-hybridized carbons (Fsp3) is 0. The van der Waals surface area contributed by atoms with Crippen LogP contribution in [0.5, 0.6) is 0 Å². The molecule has 2 nitrogen and oxygen atoms in total. The maximum atomic E-state index is 7.88. The first-order chi connectivity index (χ1) is 2.00. The Hall–Kier alpha value is -0.216. The third-order valence-electron chi connectivity index (χ3n) is 0. The van der Waals surface area contributed by atoms with E-state index in [1.165, 1.54) is 0 Å². The van der Waals surface area contributed by atoms with Crippen LogP contribution in [-0.2, 0) is 19.3 Å². The van der Waals surface area contributed by atoms with Gasteiger partial charge in [-0.2, -0.15) is 0 Å². The van der Waals surface area contributed by atoms with E-state index in [9.17, 15) is 0 Å². The molecule has 0 N–H and O–H groups in total. The molecule has 3 heteroatoms. The van der Waals surface area contributed by atoms with Gasteiger partial charge in [-0.3, -0.25) is 0 Å². The maximum absolute atomic E-state index is 7.88. The van der Waals surface area contributed by atoms with Crippen LogP contribution in [-0.4, -0.2) is 0 Å². The van der Waals surface area contributed by atoms with E-state index in [0.717, 1.165) is 0 Å². The predicted molar refractivity (Wildman–Crippen MR) is 5.65 cm³/mol. The van der Waals surface area contributed by atoms with Crippen LogP contribution in [0, 0.1) is 11.8 Å². The summed E-state index contributed by atoms with van der Waals surface area (Å²) < 4.78 is 7.88. The first-order valence-corrected chi connectivity index (χ1v) is 0.756. The first kappa shape index (κ1) is 9.22. The quantitative estimate of drug-likeness (QED) is 0.317. The summed E-state index contributed by atoms with van der Waals surface area (Å²) in [4.78, 5) is 0. The molecule has 0 aliphatic rings. The summed E-state index contributed by atoms with van der Waals surface area (Å²) in [5.41, 5.74) is 0. The molecule has 0 bridgehead atoms. The van der Waals surface area contributed by atoms with Crippen LogP contribution in [0.3, 0.4) is 0 Å². The second-order valence-corrected chi connectivity index (χ2v) is 0. The van der Waals surface area contributed by atoms with E-state index < -0.39 is 0 Å². The molecule has 0 aromatic rings. The van der Waals surface area contributed by atoms with Crippen molar-refractivity contribution in [2.75, 3.05) is 0 Å². The molecular weight excluding hydrogens is 101 g/mol. The van der Waals surface area contributed by atoms with Crippen molar-refractivity contribution in [2.24, 2.45) is 0 Å². The van der Waals surface area contributed by atoms with E-state index in [1.54, 1.807) is 0 Å². The van der Waals surface area contributed by atoms with Crippen LogP contribution < -0.4 is 0 Å². The predicted octanol–water partition coefficient (Wildman–Crippen LogP) is -0.0249. The van der Waals surface area contributed by atoms with Gasteiger partial charge < -0.3 is 11.8 Å². The van der Waals surface area contributed by atoms with Crippen LogP contribution in [0.1, 0.15) is 0 Å². The molecule has 0 atom stereocenters. The molecule has 0 aliphatic carbocycles. The summed E-state index contributed by atoms with van der Waals surface area (Å²) in [6.07, 6.45) is 0.